The number of nitrogens with one attached hydrogen (secondary N) is 1. The molecule has 0 aliphatic rings. The minimum atomic E-state index is -4.18. The van der Waals surface area contributed by atoms with Crippen molar-refractivity contribution in [2.24, 2.45) is 5.92 Å². The molecule has 0 radical (unpaired) electrons. The van der Waals surface area contributed by atoms with Crippen LogP contribution in [0.3, 0.4) is 0 Å². The second-order valence-corrected chi connectivity index (χ2v) is 12.2. The van der Waals surface area contributed by atoms with Crippen LogP contribution in [0, 0.1) is 12.8 Å². The van der Waals surface area contributed by atoms with Gasteiger partial charge in [-0.25, -0.2) is 8.42 Å². The second-order valence-electron chi connectivity index (χ2n) is 10.3. The number of amides is 2. The summed E-state index contributed by atoms with van der Waals surface area (Å²) in [6, 6.07) is 21.8. The van der Waals surface area contributed by atoms with Gasteiger partial charge in [-0.3, -0.25) is 13.9 Å². The summed E-state index contributed by atoms with van der Waals surface area (Å²) < 4.78 is 35.0. The quantitative estimate of drug-likeness (QED) is 0.284. The fourth-order valence-electron chi connectivity index (χ4n) is 4.41. The third-order valence-electron chi connectivity index (χ3n) is 6.59. The number of sulfonamides is 1. The Kier molecular flexibility index (Phi) is 11.3. The normalized spacial score (nSPS) is 12.0. The first-order valence-electron chi connectivity index (χ1n) is 14.0. The van der Waals surface area contributed by atoms with Crippen molar-refractivity contribution >= 4 is 27.5 Å². The number of benzene rings is 3. The summed E-state index contributed by atoms with van der Waals surface area (Å²) in [7, 11) is -4.18. The molecule has 0 saturated heterocycles. The van der Waals surface area contributed by atoms with Gasteiger partial charge in [-0.15, -0.1) is 0 Å². The van der Waals surface area contributed by atoms with Crippen molar-refractivity contribution in [1.82, 2.24) is 10.2 Å². The van der Waals surface area contributed by atoms with E-state index in [0.717, 1.165) is 15.4 Å². The lowest BCUT2D eigenvalue weighted by Crippen LogP contribution is -2.52. The molecule has 0 unspecified atom stereocenters. The van der Waals surface area contributed by atoms with E-state index in [1.807, 2.05) is 65.0 Å². The number of ether oxygens (including phenoxy) is 1. The monoisotopic (exact) mass is 579 g/mol. The van der Waals surface area contributed by atoms with Crippen LogP contribution in [0.5, 0.6) is 5.75 Å². The minimum absolute atomic E-state index is 0.0542. The van der Waals surface area contributed by atoms with Gasteiger partial charge in [0.15, 0.2) is 0 Å². The lowest BCUT2D eigenvalue weighted by atomic mass is 10.1. The van der Waals surface area contributed by atoms with Crippen molar-refractivity contribution in [2.75, 3.05) is 24.0 Å². The van der Waals surface area contributed by atoms with E-state index in [1.165, 1.54) is 17.0 Å². The van der Waals surface area contributed by atoms with Crippen LogP contribution in [-0.2, 0) is 26.2 Å². The van der Waals surface area contributed by atoms with Gasteiger partial charge in [-0.1, -0.05) is 80.9 Å². The van der Waals surface area contributed by atoms with Crippen LogP contribution < -0.4 is 14.4 Å². The first-order valence-corrected chi connectivity index (χ1v) is 15.4. The fraction of sp³-hybridized carbons (Fsp3) is 0.375. The van der Waals surface area contributed by atoms with E-state index in [2.05, 4.69) is 5.32 Å². The van der Waals surface area contributed by atoms with Gasteiger partial charge in [0.2, 0.25) is 11.8 Å². The predicted octanol–water partition coefficient (Wildman–Crippen LogP) is 5.17. The van der Waals surface area contributed by atoms with E-state index in [1.54, 1.807) is 36.4 Å². The van der Waals surface area contributed by atoms with Crippen molar-refractivity contribution in [3.8, 4) is 5.75 Å². The smallest absolute Gasteiger partial charge is 0.264 e. The largest absolute Gasteiger partial charge is 0.492 e. The molecule has 3 aromatic rings. The average Bonchev–Trinajstić information content (AvgIpc) is 2.96. The van der Waals surface area contributed by atoms with E-state index in [0.29, 0.717) is 25.3 Å². The third kappa shape index (κ3) is 8.33. The first kappa shape index (κ1) is 31.7. The summed E-state index contributed by atoms with van der Waals surface area (Å²) in [5.41, 5.74) is 1.99. The Morgan fingerprint density at radius 2 is 1.54 bits per heavy atom. The molecule has 41 heavy (non-hydrogen) atoms. The summed E-state index contributed by atoms with van der Waals surface area (Å²) in [6.07, 6.45) is 0.364. The maximum Gasteiger partial charge on any atom is 0.264 e. The van der Waals surface area contributed by atoms with Crippen LogP contribution in [0.1, 0.15) is 45.2 Å². The van der Waals surface area contributed by atoms with Gasteiger partial charge >= 0.3 is 0 Å². The molecule has 0 spiro atoms. The zero-order valence-corrected chi connectivity index (χ0v) is 25.4. The molecule has 2 amide bonds. The summed E-state index contributed by atoms with van der Waals surface area (Å²) >= 11 is 0. The predicted molar refractivity (Wildman–Crippen MR) is 162 cm³/mol. The Hall–Kier alpha value is -3.85. The maximum atomic E-state index is 14.2. The number of hydrogen-bond acceptors (Lipinski definition) is 5. The highest BCUT2D eigenvalue weighted by Crippen LogP contribution is 2.33. The van der Waals surface area contributed by atoms with Crippen molar-refractivity contribution in [1.29, 1.82) is 0 Å². The molecule has 0 fully saturated rings. The number of para-hydroxylation sites is 2. The molecule has 1 atom stereocenters. The van der Waals surface area contributed by atoms with E-state index < -0.39 is 28.5 Å². The topological polar surface area (TPSA) is 96.0 Å². The molecular weight excluding hydrogens is 538 g/mol. The van der Waals surface area contributed by atoms with Gasteiger partial charge in [0.1, 0.15) is 18.3 Å². The SMILES string of the molecule is CCOc1ccccc1N(CC(=O)N(Cc1ccccc1)[C@@H](CC)C(=O)NCC(C)C)S(=O)(=O)c1ccc(C)cc1. The van der Waals surface area contributed by atoms with Crippen LogP contribution >= 0.6 is 0 Å². The average molecular weight is 580 g/mol. The number of rotatable bonds is 14. The standard InChI is InChI=1S/C32H41N3O5S/c1-6-28(32(37)33-21-24(3)4)34(22-26-13-9-8-10-14-26)31(36)23-35(29-15-11-12-16-30(29)40-7-2)41(38,39)27-19-17-25(5)18-20-27/h8-20,24,28H,6-7,21-23H2,1-5H3,(H,33,37)/t28-/m0/s1. The van der Waals surface area contributed by atoms with Gasteiger partial charge in [-0.2, -0.15) is 0 Å². The first-order chi connectivity index (χ1) is 19.6. The van der Waals surface area contributed by atoms with Gasteiger partial charge in [0.25, 0.3) is 10.0 Å². The Morgan fingerprint density at radius 1 is 0.902 bits per heavy atom. The molecule has 0 saturated carbocycles. The summed E-state index contributed by atoms with van der Waals surface area (Å²) in [5, 5.41) is 2.94. The van der Waals surface area contributed by atoms with Crippen LogP contribution in [0.2, 0.25) is 0 Å². The number of hydrogen-bond donors (Lipinski definition) is 1. The minimum Gasteiger partial charge on any atom is -0.492 e. The van der Waals surface area contributed by atoms with E-state index >= 15 is 0 Å². The highest BCUT2D eigenvalue weighted by atomic mass is 32.2. The highest BCUT2D eigenvalue weighted by Gasteiger charge is 2.34. The number of carbonyl (C=O) groups excluding carboxylic acids is 2. The van der Waals surface area contributed by atoms with Crippen molar-refractivity contribution in [2.45, 2.75) is 58.5 Å². The van der Waals surface area contributed by atoms with Gasteiger partial charge in [0, 0.05) is 13.1 Å². The number of aryl methyl sites for hydroxylation is 1. The van der Waals surface area contributed by atoms with Crippen molar-refractivity contribution in [3.05, 3.63) is 90.0 Å². The summed E-state index contributed by atoms with van der Waals surface area (Å²) in [5.74, 6) is -0.190. The molecule has 1 N–H and O–H groups in total. The van der Waals surface area contributed by atoms with Crippen LogP contribution in [-0.4, -0.2) is 50.9 Å². The molecule has 0 aliphatic heterocycles. The van der Waals surface area contributed by atoms with Crippen LogP contribution in [0.25, 0.3) is 0 Å². The Morgan fingerprint density at radius 3 is 2.15 bits per heavy atom. The summed E-state index contributed by atoms with van der Waals surface area (Å²) in [4.78, 5) is 29.0. The van der Waals surface area contributed by atoms with E-state index in [9.17, 15) is 18.0 Å². The number of carbonyl (C=O) groups is 2. The molecule has 0 aromatic heterocycles. The Labute approximate surface area is 244 Å². The van der Waals surface area contributed by atoms with Crippen molar-refractivity contribution in [3.63, 3.8) is 0 Å². The zero-order valence-electron chi connectivity index (χ0n) is 24.5. The van der Waals surface area contributed by atoms with E-state index in [4.69, 9.17) is 4.74 Å². The second kappa shape index (κ2) is 14.7. The lowest BCUT2D eigenvalue weighted by Gasteiger charge is -2.33. The molecule has 0 heterocycles. The number of nitrogens with zero attached hydrogens (tertiary/aromatic N) is 2. The molecular formula is C32H41N3O5S. The Bertz CT molecular complexity index is 1390. The van der Waals surface area contributed by atoms with E-state index in [-0.39, 0.29) is 29.0 Å². The molecule has 0 aliphatic carbocycles. The van der Waals surface area contributed by atoms with Gasteiger partial charge in [0.05, 0.1) is 17.2 Å². The molecule has 3 rings (SSSR count). The number of anilines is 1. The Balaban J connectivity index is 2.08. The van der Waals surface area contributed by atoms with Gasteiger partial charge in [-0.05, 0) is 56.0 Å². The zero-order chi connectivity index (χ0) is 30.0. The molecule has 220 valence electrons. The van der Waals surface area contributed by atoms with Crippen LogP contribution in [0.4, 0.5) is 5.69 Å². The molecule has 9 heteroatoms. The third-order valence-corrected chi connectivity index (χ3v) is 8.36. The highest BCUT2D eigenvalue weighted by molar-refractivity contribution is 7.92. The fourth-order valence-corrected chi connectivity index (χ4v) is 5.84. The van der Waals surface area contributed by atoms with Crippen LogP contribution in [0.15, 0.2) is 83.8 Å². The molecule has 3 aromatic carbocycles. The van der Waals surface area contributed by atoms with Gasteiger partial charge < -0.3 is 15.0 Å². The van der Waals surface area contributed by atoms with Crippen molar-refractivity contribution < 1.29 is 22.7 Å². The maximum absolute atomic E-state index is 14.2. The molecule has 0 bridgehead atoms. The summed E-state index contributed by atoms with van der Waals surface area (Å²) in [6.45, 7) is 9.95. The lowest BCUT2D eigenvalue weighted by molar-refractivity contribution is -0.140. The molecule has 8 nitrogen and oxygen atoms in total.